The van der Waals surface area contributed by atoms with E-state index in [9.17, 15) is 12.8 Å². The molecule has 0 aliphatic carbocycles. The van der Waals surface area contributed by atoms with Gasteiger partial charge in [-0.3, -0.25) is 4.31 Å². The molecule has 0 saturated heterocycles. The second kappa shape index (κ2) is 5.62. The molecular weight excluding hydrogens is 275 g/mol. The lowest BCUT2D eigenvalue weighted by Crippen LogP contribution is -2.43. The summed E-state index contributed by atoms with van der Waals surface area (Å²) in [6.45, 7) is 3.12. The number of para-hydroxylation sites is 1. The number of nitrogens with zero attached hydrogens (tertiary/aromatic N) is 1. The van der Waals surface area contributed by atoms with Crippen LogP contribution in [-0.4, -0.2) is 25.2 Å². The van der Waals surface area contributed by atoms with Crippen molar-refractivity contribution in [1.29, 1.82) is 0 Å². The lowest BCUT2D eigenvalue weighted by atomic mass is 10.3. The zero-order valence-electron chi connectivity index (χ0n) is 10.1. The topological polar surface area (TPSA) is 63.4 Å². The predicted molar refractivity (Wildman–Crippen MR) is 74.6 cm³/mol. The van der Waals surface area contributed by atoms with Gasteiger partial charge in [0.2, 0.25) is 10.0 Å². The fourth-order valence-corrected chi connectivity index (χ4v) is 3.30. The Labute approximate surface area is 112 Å². The van der Waals surface area contributed by atoms with Gasteiger partial charge in [0.25, 0.3) is 0 Å². The van der Waals surface area contributed by atoms with Crippen molar-refractivity contribution in [3.63, 3.8) is 0 Å². The van der Waals surface area contributed by atoms with Crippen molar-refractivity contribution >= 4 is 32.9 Å². The number of nitrogens with two attached hydrogens (primary N) is 1. The van der Waals surface area contributed by atoms with E-state index in [1.807, 2.05) is 0 Å². The molecule has 0 saturated carbocycles. The third kappa shape index (κ3) is 2.78. The van der Waals surface area contributed by atoms with E-state index >= 15 is 0 Å². The van der Waals surface area contributed by atoms with Gasteiger partial charge in [0.15, 0.2) is 0 Å². The number of benzene rings is 1. The third-order valence-electron chi connectivity index (χ3n) is 2.56. The molecule has 0 aromatic heterocycles. The van der Waals surface area contributed by atoms with Crippen LogP contribution in [0.2, 0.25) is 0 Å². The van der Waals surface area contributed by atoms with Crippen LogP contribution in [0.3, 0.4) is 0 Å². The normalized spacial score (nSPS) is 13.1. The number of hydrogen-bond donors (Lipinski definition) is 1. The monoisotopic (exact) mass is 290 g/mol. The quantitative estimate of drug-likeness (QED) is 0.838. The summed E-state index contributed by atoms with van der Waals surface area (Å²) in [7, 11) is -3.80. The van der Waals surface area contributed by atoms with Crippen LogP contribution in [0, 0.1) is 5.82 Å². The van der Waals surface area contributed by atoms with Gasteiger partial charge in [-0.25, -0.2) is 12.8 Å². The van der Waals surface area contributed by atoms with Crippen molar-refractivity contribution in [3.8, 4) is 0 Å². The largest absolute Gasteiger partial charge is 0.392 e. The minimum Gasteiger partial charge on any atom is -0.392 e. The molecule has 0 fully saturated rings. The molecule has 1 aromatic rings. The maximum absolute atomic E-state index is 13.7. The molecule has 1 aromatic carbocycles. The minimum absolute atomic E-state index is 0.00287. The highest BCUT2D eigenvalue weighted by atomic mass is 32.2. The van der Waals surface area contributed by atoms with E-state index in [4.69, 9.17) is 18.0 Å². The van der Waals surface area contributed by atoms with Gasteiger partial charge < -0.3 is 5.73 Å². The van der Waals surface area contributed by atoms with Crippen LogP contribution in [0.15, 0.2) is 24.3 Å². The fraction of sp³-hybridized carbons (Fsp3) is 0.364. The maximum atomic E-state index is 13.7. The molecule has 1 rings (SSSR count). The fourth-order valence-electron chi connectivity index (χ4n) is 1.48. The number of rotatable bonds is 5. The molecule has 0 bridgehead atoms. The number of halogens is 1. The smallest absolute Gasteiger partial charge is 0.244 e. The van der Waals surface area contributed by atoms with Crippen LogP contribution in [0.1, 0.15) is 13.8 Å². The van der Waals surface area contributed by atoms with Crippen LogP contribution in [0.25, 0.3) is 0 Å². The highest BCUT2D eigenvalue weighted by Gasteiger charge is 2.31. The Kier molecular flexibility index (Phi) is 4.64. The van der Waals surface area contributed by atoms with Crippen molar-refractivity contribution in [2.45, 2.75) is 19.1 Å². The second-order valence-electron chi connectivity index (χ2n) is 3.71. The molecule has 0 aliphatic rings. The molecule has 2 N–H and O–H groups in total. The molecule has 1 unspecified atom stereocenters. The Balaban J connectivity index is 3.28. The molecule has 100 valence electrons. The molecule has 4 nitrogen and oxygen atoms in total. The molecule has 18 heavy (non-hydrogen) atoms. The van der Waals surface area contributed by atoms with Gasteiger partial charge in [-0.15, -0.1) is 0 Å². The van der Waals surface area contributed by atoms with E-state index in [1.54, 1.807) is 13.0 Å². The highest BCUT2D eigenvalue weighted by Crippen LogP contribution is 2.23. The van der Waals surface area contributed by atoms with Crippen molar-refractivity contribution < 1.29 is 12.8 Å². The van der Waals surface area contributed by atoms with E-state index < -0.39 is 21.1 Å². The Morgan fingerprint density at radius 3 is 2.50 bits per heavy atom. The second-order valence-corrected chi connectivity index (χ2v) is 6.35. The summed E-state index contributed by atoms with van der Waals surface area (Å²) in [5.41, 5.74) is 5.37. The molecule has 0 heterocycles. The Hall–Kier alpha value is -1.21. The zero-order chi connectivity index (χ0) is 13.9. The molecule has 7 heteroatoms. The Bertz CT molecular complexity index is 546. The molecule has 0 aliphatic heterocycles. The zero-order valence-corrected chi connectivity index (χ0v) is 11.8. The molecule has 0 spiro atoms. The van der Waals surface area contributed by atoms with Crippen LogP contribution in [-0.2, 0) is 10.0 Å². The number of thiocarbonyl (C=S) groups is 1. The number of hydrogen-bond acceptors (Lipinski definition) is 3. The van der Waals surface area contributed by atoms with Gasteiger partial charge >= 0.3 is 0 Å². The molecule has 0 radical (unpaired) electrons. The average molecular weight is 290 g/mol. The lowest BCUT2D eigenvalue weighted by molar-refractivity contribution is 0.583. The van der Waals surface area contributed by atoms with Crippen molar-refractivity contribution in [2.24, 2.45) is 5.73 Å². The average Bonchev–Trinajstić information content (AvgIpc) is 2.31. The van der Waals surface area contributed by atoms with E-state index in [-0.39, 0.29) is 17.2 Å². The van der Waals surface area contributed by atoms with Gasteiger partial charge in [0, 0.05) is 6.54 Å². The van der Waals surface area contributed by atoms with E-state index in [1.165, 1.54) is 25.1 Å². The summed E-state index contributed by atoms with van der Waals surface area (Å²) in [4.78, 5) is -0.134. The van der Waals surface area contributed by atoms with Gasteiger partial charge in [-0.2, -0.15) is 0 Å². The highest BCUT2D eigenvalue weighted by molar-refractivity contribution is 7.95. The summed E-state index contributed by atoms with van der Waals surface area (Å²) in [6, 6.07) is 5.68. The van der Waals surface area contributed by atoms with Crippen LogP contribution in [0.4, 0.5) is 10.1 Å². The SMILES string of the molecule is CCN(c1ccccc1F)S(=O)(=O)C(C)C(N)=S. The van der Waals surface area contributed by atoms with Crippen molar-refractivity contribution in [2.75, 3.05) is 10.8 Å². The third-order valence-corrected chi connectivity index (χ3v) is 5.28. The first kappa shape index (κ1) is 14.8. The molecular formula is C11H15FN2O2S2. The first-order chi connectivity index (χ1) is 8.32. The number of anilines is 1. The van der Waals surface area contributed by atoms with Crippen molar-refractivity contribution in [3.05, 3.63) is 30.1 Å². The summed E-state index contributed by atoms with van der Waals surface area (Å²) in [5.74, 6) is -0.599. The summed E-state index contributed by atoms with van der Waals surface area (Å²) in [5, 5.41) is -1.04. The van der Waals surface area contributed by atoms with E-state index in [2.05, 4.69) is 0 Å². The van der Waals surface area contributed by atoms with Crippen LogP contribution in [0.5, 0.6) is 0 Å². The van der Waals surface area contributed by atoms with Gasteiger partial charge in [-0.1, -0.05) is 24.4 Å². The maximum Gasteiger partial charge on any atom is 0.244 e. The first-order valence-electron chi connectivity index (χ1n) is 5.37. The standard InChI is InChI=1S/C11H15FN2O2S2/c1-3-14(10-7-5-4-6-9(10)12)18(15,16)8(2)11(13)17/h4-8H,3H2,1-2H3,(H2,13,17). The van der Waals surface area contributed by atoms with E-state index in [0.29, 0.717) is 0 Å². The lowest BCUT2D eigenvalue weighted by Gasteiger charge is -2.26. The van der Waals surface area contributed by atoms with Crippen LogP contribution >= 0.6 is 12.2 Å². The Morgan fingerprint density at radius 1 is 1.50 bits per heavy atom. The van der Waals surface area contributed by atoms with Gasteiger partial charge in [-0.05, 0) is 26.0 Å². The molecule has 0 amide bonds. The summed E-state index contributed by atoms with van der Waals surface area (Å²) in [6.07, 6.45) is 0. The molecule has 1 atom stereocenters. The predicted octanol–water partition coefficient (Wildman–Crippen LogP) is 1.66. The summed E-state index contributed by atoms with van der Waals surface area (Å²) < 4.78 is 39.1. The van der Waals surface area contributed by atoms with E-state index in [0.717, 1.165) is 4.31 Å². The van der Waals surface area contributed by atoms with Crippen molar-refractivity contribution in [1.82, 2.24) is 0 Å². The number of sulfonamides is 1. The van der Waals surface area contributed by atoms with Crippen LogP contribution < -0.4 is 10.0 Å². The first-order valence-corrected chi connectivity index (χ1v) is 7.29. The van der Waals surface area contributed by atoms with Gasteiger partial charge in [0.1, 0.15) is 11.1 Å². The van der Waals surface area contributed by atoms with Gasteiger partial charge in [0.05, 0.1) is 10.7 Å². The summed E-state index contributed by atoms with van der Waals surface area (Å²) >= 11 is 4.69. The Morgan fingerprint density at radius 2 is 2.06 bits per heavy atom. The minimum atomic E-state index is -3.80.